The Morgan fingerprint density at radius 3 is 2.00 bits per heavy atom. The fraction of sp³-hybridized carbons (Fsp3) is 0.286. The molecular weight excluding hydrogens is 146 g/mol. The van der Waals surface area contributed by atoms with Crippen molar-refractivity contribution in [2.45, 2.75) is 13.2 Å². The normalized spacial score (nSPS) is 10.0. The van der Waals surface area contributed by atoms with Gasteiger partial charge in [0.2, 0.25) is 0 Å². The zero-order valence-corrected chi connectivity index (χ0v) is 5.87. The number of H-pyrrole nitrogens is 1. The third-order valence-corrected chi connectivity index (χ3v) is 1.44. The molecule has 0 bridgehead atoms. The van der Waals surface area contributed by atoms with E-state index in [4.69, 9.17) is 10.2 Å². The zero-order chi connectivity index (χ0) is 8.27. The van der Waals surface area contributed by atoms with Crippen LogP contribution in [0.25, 0.3) is 0 Å². The molecule has 0 aliphatic rings. The Labute approximate surface area is 63.1 Å². The molecule has 1 aromatic rings. The molecule has 0 amide bonds. The minimum absolute atomic E-state index is 0.275. The van der Waals surface area contributed by atoms with E-state index >= 15 is 0 Å². The first-order valence-electron chi connectivity index (χ1n) is 3.20. The van der Waals surface area contributed by atoms with Crippen LogP contribution in [-0.2, 0) is 13.2 Å². The lowest BCUT2D eigenvalue weighted by Gasteiger charge is -1.97. The maximum Gasteiger partial charge on any atom is 0.192 e. The average molecular weight is 155 g/mol. The van der Waals surface area contributed by atoms with E-state index < -0.39 is 0 Å². The monoisotopic (exact) mass is 155 g/mol. The highest BCUT2D eigenvalue weighted by atomic mass is 16.3. The van der Waals surface area contributed by atoms with Gasteiger partial charge in [-0.15, -0.1) is 0 Å². The highest BCUT2D eigenvalue weighted by Crippen LogP contribution is 1.92. The summed E-state index contributed by atoms with van der Waals surface area (Å²) < 4.78 is 0. The SMILES string of the molecule is O=c1c(CO)c[nH]cc1CO. The summed E-state index contributed by atoms with van der Waals surface area (Å²) in [6.07, 6.45) is 2.84. The second kappa shape index (κ2) is 3.32. The summed E-state index contributed by atoms with van der Waals surface area (Å²) in [5, 5.41) is 17.3. The maximum atomic E-state index is 11.1. The Morgan fingerprint density at radius 2 is 1.64 bits per heavy atom. The van der Waals surface area contributed by atoms with E-state index in [0.717, 1.165) is 0 Å². The van der Waals surface area contributed by atoms with Gasteiger partial charge >= 0.3 is 0 Å². The molecule has 0 radical (unpaired) electrons. The summed E-state index contributed by atoms with van der Waals surface area (Å²) in [7, 11) is 0. The Balaban J connectivity index is 3.21. The van der Waals surface area contributed by atoms with Gasteiger partial charge in [0, 0.05) is 23.5 Å². The molecule has 4 nitrogen and oxygen atoms in total. The maximum absolute atomic E-state index is 11.1. The van der Waals surface area contributed by atoms with Gasteiger partial charge in [-0.2, -0.15) is 0 Å². The second-order valence-electron chi connectivity index (χ2n) is 2.15. The van der Waals surface area contributed by atoms with Crippen LogP contribution in [0.15, 0.2) is 17.2 Å². The van der Waals surface area contributed by atoms with Crippen molar-refractivity contribution in [1.82, 2.24) is 4.98 Å². The molecule has 4 heteroatoms. The fourth-order valence-electron chi connectivity index (χ4n) is 0.815. The van der Waals surface area contributed by atoms with Crippen molar-refractivity contribution >= 4 is 0 Å². The van der Waals surface area contributed by atoms with Gasteiger partial charge in [0.05, 0.1) is 13.2 Å². The van der Waals surface area contributed by atoms with E-state index in [1.165, 1.54) is 12.4 Å². The molecular formula is C7H9NO3. The van der Waals surface area contributed by atoms with Crippen LogP contribution in [-0.4, -0.2) is 15.2 Å². The molecule has 0 unspecified atom stereocenters. The quantitative estimate of drug-likeness (QED) is 0.531. The van der Waals surface area contributed by atoms with Crippen molar-refractivity contribution in [2.75, 3.05) is 0 Å². The Kier molecular flexibility index (Phi) is 2.40. The molecule has 60 valence electrons. The van der Waals surface area contributed by atoms with Gasteiger partial charge in [-0.25, -0.2) is 0 Å². The molecule has 0 spiro atoms. The molecule has 0 atom stereocenters. The number of hydrogen-bond donors (Lipinski definition) is 3. The van der Waals surface area contributed by atoms with Crippen LogP contribution in [0.2, 0.25) is 0 Å². The second-order valence-corrected chi connectivity index (χ2v) is 2.15. The molecule has 0 saturated carbocycles. The van der Waals surface area contributed by atoms with Gasteiger partial charge in [0.15, 0.2) is 5.43 Å². The van der Waals surface area contributed by atoms with Crippen LogP contribution in [0.1, 0.15) is 11.1 Å². The molecule has 0 fully saturated rings. The van der Waals surface area contributed by atoms with Gasteiger partial charge in [-0.1, -0.05) is 0 Å². The fourth-order valence-corrected chi connectivity index (χ4v) is 0.815. The van der Waals surface area contributed by atoms with E-state index in [1.807, 2.05) is 0 Å². The Hall–Kier alpha value is -1.13. The van der Waals surface area contributed by atoms with Crippen molar-refractivity contribution in [3.63, 3.8) is 0 Å². The molecule has 3 N–H and O–H groups in total. The van der Waals surface area contributed by atoms with Crippen LogP contribution in [0.3, 0.4) is 0 Å². The van der Waals surface area contributed by atoms with E-state index in [0.29, 0.717) is 0 Å². The lowest BCUT2D eigenvalue weighted by atomic mass is 10.2. The summed E-state index contributed by atoms with van der Waals surface area (Å²) in [6.45, 7) is -0.605. The number of aliphatic hydroxyl groups excluding tert-OH is 2. The van der Waals surface area contributed by atoms with Gasteiger partial charge < -0.3 is 15.2 Å². The summed E-state index contributed by atoms with van der Waals surface area (Å²) >= 11 is 0. The van der Waals surface area contributed by atoms with Crippen molar-refractivity contribution in [1.29, 1.82) is 0 Å². The highest BCUT2D eigenvalue weighted by Gasteiger charge is 2.01. The summed E-state index contributed by atoms with van der Waals surface area (Å²) in [6, 6.07) is 0. The first kappa shape index (κ1) is 7.97. The van der Waals surface area contributed by atoms with E-state index in [1.54, 1.807) is 0 Å². The smallest absolute Gasteiger partial charge is 0.192 e. The molecule has 0 saturated heterocycles. The molecule has 0 aromatic carbocycles. The van der Waals surface area contributed by atoms with E-state index in [-0.39, 0.29) is 29.8 Å². The van der Waals surface area contributed by atoms with Crippen LogP contribution < -0.4 is 5.43 Å². The molecule has 1 heterocycles. The van der Waals surface area contributed by atoms with Crippen molar-refractivity contribution in [3.05, 3.63) is 33.7 Å². The highest BCUT2D eigenvalue weighted by molar-refractivity contribution is 5.16. The minimum Gasteiger partial charge on any atom is -0.391 e. The first-order valence-corrected chi connectivity index (χ1v) is 3.20. The van der Waals surface area contributed by atoms with Gasteiger partial charge in [0.25, 0.3) is 0 Å². The van der Waals surface area contributed by atoms with Crippen LogP contribution in [0, 0.1) is 0 Å². The lowest BCUT2D eigenvalue weighted by Crippen LogP contribution is -2.14. The van der Waals surface area contributed by atoms with Crippen LogP contribution >= 0.6 is 0 Å². The number of rotatable bonds is 2. The summed E-state index contributed by atoms with van der Waals surface area (Å²) in [4.78, 5) is 13.7. The molecule has 0 aliphatic carbocycles. The van der Waals surface area contributed by atoms with E-state index in [2.05, 4.69) is 4.98 Å². The average Bonchev–Trinajstić information content (AvgIpc) is 2.05. The van der Waals surface area contributed by atoms with Gasteiger partial charge in [0.1, 0.15) is 0 Å². The van der Waals surface area contributed by atoms with Crippen LogP contribution in [0.4, 0.5) is 0 Å². The summed E-state index contributed by atoms with van der Waals surface area (Å²) in [5.74, 6) is 0. The molecule has 1 rings (SSSR count). The van der Waals surface area contributed by atoms with Crippen molar-refractivity contribution < 1.29 is 10.2 Å². The number of hydrogen-bond acceptors (Lipinski definition) is 3. The van der Waals surface area contributed by atoms with Crippen molar-refractivity contribution in [2.24, 2.45) is 0 Å². The van der Waals surface area contributed by atoms with Gasteiger partial charge in [-0.05, 0) is 0 Å². The van der Waals surface area contributed by atoms with Crippen LogP contribution in [0.5, 0.6) is 0 Å². The first-order chi connectivity index (χ1) is 5.29. The topological polar surface area (TPSA) is 73.3 Å². The van der Waals surface area contributed by atoms with Gasteiger partial charge in [-0.3, -0.25) is 4.79 Å². The third kappa shape index (κ3) is 1.47. The predicted molar refractivity (Wildman–Crippen MR) is 38.9 cm³/mol. The number of aromatic amines is 1. The van der Waals surface area contributed by atoms with Crippen molar-refractivity contribution in [3.8, 4) is 0 Å². The molecule has 0 aliphatic heterocycles. The number of aromatic nitrogens is 1. The molecule has 1 aromatic heterocycles. The lowest BCUT2D eigenvalue weighted by molar-refractivity contribution is 0.272. The molecule has 11 heavy (non-hydrogen) atoms. The zero-order valence-electron chi connectivity index (χ0n) is 5.87. The Bertz CT molecular complexity index is 267. The largest absolute Gasteiger partial charge is 0.391 e. The van der Waals surface area contributed by atoms with E-state index in [9.17, 15) is 4.79 Å². The number of pyridine rings is 1. The minimum atomic E-state index is -0.302. The number of aliphatic hydroxyl groups is 2. The Morgan fingerprint density at radius 1 is 1.18 bits per heavy atom. The summed E-state index contributed by atoms with van der Waals surface area (Å²) in [5.41, 5.74) is 0.252. The predicted octanol–water partition coefficient (Wildman–Crippen LogP) is -0.641. The third-order valence-electron chi connectivity index (χ3n) is 1.44. The standard InChI is InChI=1S/C7H9NO3/c9-3-5-1-8-2-6(4-10)7(5)11/h1-2,9-10H,3-4H2,(H,8,11). The number of nitrogens with one attached hydrogen (secondary N) is 1.